The maximum atomic E-state index is 12.2. The summed E-state index contributed by atoms with van der Waals surface area (Å²) in [6.45, 7) is 4.06. The summed E-state index contributed by atoms with van der Waals surface area (Å²) in [7, 11) is 0. The van der Waals surface area contributed by atoms with E-state index in [1.807, 2.05) is 13.8 Å². The second-order valence-electron chi connectivity index (χ2n) is 5.42. The number of hydrogen-bond donors (Lipinski definition) is 1. The fraction of sp³-hybridized carbons (Fsp3) is 0.467. The minimum absolute atomic E-state index is 0.102. The summed E-state index contributed by atoms with van der Waals surface area (Å²) in [6, 6.07) is 5.54. The molecule has 0 aliphatic rings. The average molecular weight is 324 g/mol. The van der Waals surface area contributed by atoms with Gasteiger partial charge in [-0.3, -0.25) is 19.7 Å². The van der Waals surface area contributed by atoms with Crippen molar-refractivity contribution in [3.8, 4) is 5.75 Å². The average Bonchev–Trinajstić information content (AvgIpc) is 2.48. The van der Waals surface area contributed by atoms with E-state index >= 15 is 0 Å². The maximum Gasteiger partial charge on any atom is 0.305 e. The first-order chi connectivity index (χ1) is 10.8. The zero-order chi connectivity index (χ0) is 17.4. The molecular weight excluding hydrogens is 304 g/mol. The van der Waals surface area contributed by atoms with Crippen molar-refractivity contribution in [2.45, 2.75) is 20.3 Å². The first-order valence-corrected chi connectivity index (χ1v) is 7.16. The number of nitro benzene ring substituents is 1. The summed E-state index contributed by atoms with van der Waals surface area (Å²) >= 11 is 0. The first kappa shape index (κ1) is 18.4. The Kier molecular flexibility index (Phi) is 6.98. The highest BCUT2D eigenvalue weighted by molar-refractivity contribution is 5.78. The topological polar surface area (TPSA) is 110 Å². The van der Waals surface area contributed by atoms with Crippen molar-refractivity contribution in [1.82, 2.24) is 4.90 Å². The molecule has 0 aliphatic heterocycles. The third-order valence-electron chi connectivity index (χ3n) is 2.92. The summed E-state index contributed by atoms with van der Waals surface area (Å²) in [5.74, 6) is -0.932. The van der Waals surface area contributed by atoms with Gasteiger partial charge in [-0.1, -0.05) is 19.9 Å². The first-order valence-electron chi connectivity index (χ1n) is 7.16. The zero-order valence-corrected chi connectivity index (χ0v) is 13.1. The number of carbonyl (C=O) groups excluding carboxylic acids is 1. The molecule has 0 atom stereocenters. The number of benzene rings is 1. The zero-order valence-electron chi connectivity index (χ0n) is 13.1. The highest BCUT2D eigenvalue weighted by atomic mass is 16.6. The van der Waals surface area contributed by atoms with Crippen LogP contribution in [-0.4, -0.2) is 46.5 Å². The van der Waals surface area contributed by atoms with Crippen LogP contribution in [0.3, 0.4) is 0 Å². The molecule has 0 aliphatic carbocycles. The molecule has 0 aromatic heterocycles. The van der Waals surface area contributed by atoms with E-state index in [-0.39, 0.29) is 42.8 Å². The van der Waals surface area contributed by atoms with Gasteiger partial charge in [-0.25, -0.2) is 0 Å². The van der Waals surface area contributed by atoms with Crippen LogP contribution < -0.4 is 4.74 Å². The van der Waals surface area contributed by atoms with Crippen molar-refractivity contribution in [1.29, 1.82) is 0 Å². The number of amides is 1. The van der Waals surface area contributed by atoms with Crippen molar-refractivity contribution in [2.75, 3.05) is 19.7 Å². The SMILES string of the molecule is CC(C)CN(CCC(=O)O)C(=O)COc1cccc([N+](=O)[O-])c1. The molecule has 1 aromatic carbocycles. The highest BCUT2D eigenvalue weighted by Crippen LogP contribution is 2.19. The van der Waals surface area contributed by atoms with Crippen LogP contribution in [0.15, 0.2) is 24.3 Å². The lowest BCUT2D eigenvalue weighted by Crippen LogP contribution is -2.38. The third kappa shape index (κ3) is 6.77. The molecule has 1 rings (SSSR count). The van der Waals surface area contributed by atoms with Crippen LogP contribution in [0.4, 0.5) is 5.69 Å². The van der Waals surface area contributed by atoms with Crippen LogP contribution in [0, 0.1) is 16.0 Å². The molecule has 23 heavy (non-hydrogen) atoms. The van der Waals surface area contributed by atoms with Gasteiger partial charge in [0.15, 0.2) is 6.61 Å². The normalized spacial score (nSPS) is 10.4. The molecule has 8 nitrogen and oxygen atoms in total. The van der Waals surface area contributed by atoms with Crippen molar-refractivity contribution in [3.05, 3.63) is 34.4 Å². The monoisotopic (exact) mass is 324 g/mol. The number of hydrogen-bond acceptors (Lipinski definition) is 5. The molecule has 8 heteroatoms. The van der Waals surface area contributed by atoms with Crippen LogP contribution in [0.5, 0.6) is 5.75 Å². The molecule has 0 saturated carbocycles. The Labute approximate surface area is 133 Å². The van der Waals surface area contributed by atoms with Crippen LogP contribution in [0.2, 0.25) is 0 Å². The van der Waals surface area contributed by atoms with Gasteiger partial charge in [0, 0.05) is 19.2 Å². The van der Waals surface area contributed by atoms with Gasteiger partial charge >= 0.3 is 5.97 Å². The summed E-state index contributed by atoms with van der Waals surface area (Å²) < 4.78 is 5.28. The third-order valence-corrected chi connectivity index (χ3v) is 2.92. The van der Waals surface area contributed by atoms with E-state index in [1.165, 1.54) is 29.2 Å². The summed E-state index contributed by atoms with van der Waals surface area (Å²) in [5.41, 5.74) is -0.125. The standard InChI is InChI=1S/C15H20N2O6/c1-11(2)9-16(7-6-15(19)20)14(18)10-23-13-5-3-4-12(8-13)17(21)22/h3-5,8,11H,6-7,9-10H2,1-2H3,(H,19,20). The van der Waals surface area contributed by atoms with Gasteiger partial charge < -0.3 is 14.7 Å². The second kappa shape index (κ2) is 8.72. The van der Waals surface area contributed by atoms with Crippen LogP contribution in [0.1, 0.15) is 20.3 Å². The van der Waals surface area contributed by atoms with E-state index in [2.05, 4.69) is 0 Å². The lowest BCUT2D eigenvalue weighted by Gasteiger charge is -2.24. The Morgan fingerprint density at radius 3 is 2.65 bits per heavy atom. The number of ether oxygens (including phenoxy) is 1. The molecule has 0 saturated heterocycles. The van der Waals surface area contributed by atoms with Gasteiger partial charge in [-0.05, 0) is 12.0 Å². The molecule has 0 spiro atoms. The predicted molar refractivity (Wildman–Crippen MR) is 82.3 cm³/mol. The Balaban J connectivity index is 2.65. The lowest BCUT2D eigenvalue weighted by molar-refractivity contribution is -0.384. The predicted octanol–water partition coefficient (Wildman–Crippen LogP) is 1.93. The molecule has 0 radical (unpaired) electrons. The Morgan fingerprint density at radius 1 is 1.39 bits per heavy atom. The number of carboxylic acid groups (broad SMARTS) is 1. The number of rotatable bonds is 9. The van der Waals surface area contributed by atoms with Gasteiger partial charge in [0.25, 0.3) is 11.6 Å². The van der Waals surface area contributed by atoms with Gasteiger partial charge in [0.2, 0.25) is 0 Å². The van der Waals surface area contributed by atoms with Crippen molar-refractivity contribution in [2.24, 2.45) is 5.92 Å². The van der Waals surface area contributed by atoms with Gasteiger partial charge in [-0.15, -0.1) is 0 Å². The molecule has 1 N–H and O–H groups in total. The number of aliphatic carboxylic acids is 1. The molecule has 126 valence electrons. The number of non-ortho nitro benzene ring substituents is 1. The smallest absolute Gasteiger partial charge is 0.305 e. The minimum Gasteiger partial charge on any atom is -0.484 e. The van der Waals surface area contributed by atoms with E-state index in [0.717, 1.165) is 0 Å². The summed E-state index contributed by atoms with van der Waals surface area (Å²) in [5, 5.41) is 19.4. The van der Waals surface area contributed by atoms with Crippen molar-refractivity contribution in [3.63, 3.8) is 0 Å². The molecule has 1 aromatic rings. The summed E-state index contributed by atoms with van der Waals surface area (Å²) in [4.78, 5) is 34.4. The lowest BCUT2D eigenvalue weighted by atomic mass is 10.2. The van der Waals surface area contributed by atoms with E-state index in [0.29, 0.717) is 6.54 Å². The molecule has 0 heterocycles. The second-order valence-corrected chi connectivity index (χ2v) is 5.42. The van der Waals surface area contributed by atoms with Gasteiger partial charge in [-0.2, -0.15) is 0 Å². The van der Waals surface area contributed by atoms with Gasteiger partial charge in [0.1, 0.15) is 5.75 Å². The van der Waals surface area contributed by atoms with E-state index in [9.17, 15) is 19.7 Å². The Bertz CT molecular complexity index is 573. The number of nitro groups is 1. The van der Waals surface area contributed by atoms with Crippen molar-refractivity contribution < 1.29 is 24.4 Å². The molecular formula is C15H20N2O6. The molecule has 0 bridgehead atoms. The van der Waals surface area contributed by atoms with E-state index < -0.39 is 10.9 Å². The van der Waals surface area contributed by atoms with Crippen molar-refractivity contribution >= 4 is 17.6 Å². The molecule has 1 amide bonds. The number of carboxylic acids is 1. The maximum absolute atomic E-state index is 12.2. The van der Waals surface area contributed by atoms with E-state index in [4.69, 9.17) is 9.84 Å². The van der Waals surface area contributed by atoms with E-state index in [1.54, 1.807) is 0 Å². The highest BCUT2D eigenvalue weighted by Gasteiger charge is 2.17. The Morgan fingerprint density at radius 2 is 2.09 bits per heavy atom. The largest absolute Gasteiger partial charge is 0.484 e. The Hall–Kier alpha value is -2.64. The summed E-state index contributed by atoms with van der Waals surface area (Å²) in [6.07, 6.45) is -0.144. The number of carbonyl (C=O) groups is 2. The quantitative estimate of drug-likeness (QED) is 0.549. The minimum atomic E-state index is -0.980. The van der Waals surface area contributed by atoms with Gasteiger partial charge in [0.05, 0.1) is 17.4 Å². The number of nitrogens with zero attached hydrogens (tertiary/aromatic N) is 2. The van der Waals surface area contributed by atoms with Crippen LogP contribution in [-0.2, 0) is 9.59 Å². The fourth-order valence-corrected chi connectivity index (χ4v) is 1.91. The molecule has 0 unspecified atom stereocenters. The molecule has 0 fully saturated rings. The van der Waals surface area contributed by atoms with Crippen LogP contribution in [0.25, 0.3) is 0 Å². The fourth-order valence-electron chi connectivity index (χ4n) is 1.91. The van der Waals surface area contributed by atoms with Crippen LogP contribution >= 0.6 is 0 Å².